The molecule has 120 valence electrons. The average Bonchev–Trinajstić information content (AvgIpc) is 3.07. The zero-order valence-corrected chi connectivity index (χ0v) is 13.2. The van der Waals surface area contributed by atoms with E-state index in [4.69, 9.17) is 4.74 Å². The molecule has 4 unspecified atom stereocenters. The molecule has 0 aliphatic heterocycles. The highest BCUT2D eigenvalue weighted by molar-refractivity contribution is 5.94. The molecule has 2 aliphatic rings. The molecule has 1 aromatic rings. The molecular weight excluding hydrogens is 280 g/mol. The number of aliphatic hydroxyl groups excluding tert-OH is 1. The van der Waals surface area contributed by atoms with E-state index in [2.05, 4.69) is 10.3 Å². The van der Waals surface area contributed by atoms with E-state index in [1.807, 2.05) is 13.8 Å². The van der Waals surface area contributed by atoms with Gasteiger partial charge in [-0.25, -0.2) is 0 Å². The molecule has 2 fully saturated rings. The van der Waals surface area contributed by atoms with Crippen molar-refractivity contribution in [1.29, 1.82) is 0 Å². The lowest BCUT2D eigenvalue weighted by Crippen LogP contribution is -2.45. The number of aliphatic hydroxyl groups is 1. The zero-order chi connectivity index (χ0) is 15.7. The summed E-state index contributed by atoms with van der Waals surface area (Å²) in [4.78, 5) is 16.6. The van der Waals surface area contributed by atoms with Crippen LogP contribution in [0.5, 0.6) is 5.75 Å². The number of aromatic nitrogens is 1. The van der Waals surface area contributed by atoms with Gasteiger partial charge in [0.2, 0.25) is 0 Å². The number of ether oxygens (including phenoxy) is 1. The van der Waals surface area contributed by atoms with Crippen LogP contribution >= 0.6 is 0 Å². The molecule has 1 aromatic heterocycles. The van der Waals surface area contributed by atoms with Gasteiger partial charge in [-0.05, 0) is 51.0 Å². The van der Waals surface area contributed by atoms with Gasteiger partial charge in [0.25, 0.3) is 5.91 Å². The van der Waals surface area contributed by atoms with Crippen LogP contribution in [0.15, 0.2) is 18.5 Å². The molecular formula is C17H24N2O3. The largest absolute Gasteiger partial charge is 0.489 e. The normalized spacial score (nSPS) is 29.8. The van der Waals surface area contributed by atoms with E-state index in [9.17, 15) is 9.90 Å². The zero-order valence-electron chi connectivity index (χ0n) is 13.2. The molecule has 4 atom stereocenters. The number of pyridine rings is 1. The third kappa shape index (κ3) is 2.95. The molecule has 1 heterocycles. The first-order valence-electron chi connectivity index (χ1n) is 8.12. The van der Waals surface area contributed by atoms with Gasteiger partial charge in [-0.2, -0.15) is 0 Å². The van der Waals surface area contributed by atoms with E-state index in [0.717, 1.165) is 12.8 Å². The van der Waals surface area contributed by atoms with Gasteiger partial charge < -0.3 is 15.2 Å². The van der Waals surface area contributed by atoms with Crippen molar-refractivity contribution in [3.8, 4) is 5.75 Å². The Bertz CT molecular complexity index is 546. The second kappa shape index (κ2) is 6.24. The molecule has 0 spiro atoms. The van der Waals surface area contributed by atoms with Crippen molar-refractivity contribution in [2.45, 2.75) is 45.3 Å². The number of hydrogen-bond acceptors (Lipinski definition) is 4. The minimum atomic E-state index is -0.127. The van der Waals surface area contributed by atoms with Crippen LogP contribution in [0.4, 0.5) is 0 Å². The number of carbonyl (C=O) groups is 1. The van der Waals surface area contributed by atoms with E-state index in [1.165, 1.54) is 6.42 Å². The first-order chi connectivity index (χ1) is 10.6. The summed E-state index contributed by atoms with van der Waals surface area (Å²) < 4.78 is 5.58. The molecule has 1 amide bonds. The van der Waals surface area contributed by atoms with Crippen molar-refractivity contribution in [2.75, 3.05) is 6.61 Å². The van der Waals surface area contributed by atoms with Gasteiger partial charge in [-0.15, -0.1) is 0 Å². The quantitative estimate of drug-likeness (QED) is 0.873. The number of hydrogen-bond donors (Lipinski definition) is 2. The number of carbonyl (C=O) groups excluding carboxylic acids is 1. The summed E-state index contributed by atoms with van der Waals surface area (Å²) in [5.74, 6) is 1.75. The van der Waals surface area contributed by atoms with Crippen molar-refractivity contribution in [3.63, 3.8) is 0 Å². The Morgan fingerprint density at radius 3 is 2.91 bits per heavy atom. The summed E-state index contributed by atoms with van der Waals surface area (Å²) in [5.41, 5.74) is 0.512. The fraction of sp³-hybridized carbons (Fsp3) is 0.647. The van der Waals surface area contributed by atoms with Crippen molar-refractivity contribution >= 4 is 5.91 Å². The Hall–Kier alpha value is -1.62. The molecule has 5 nitrogen and oxygen atoms in total. The molecule has 0 radical (unpaired) electrons. The third-order valence-corrected chi connectivity index (χ3v) is 4.94. The minimum absolute atomic E-state index is 0.0458. The van der Waals surface area contributed by atoms with Crippen molar-refractivity contribution in [3.05, 3.63) is 24.0 Å². The molecule has 2 saturated carbocycles. The highest BCUT2D eigenvalue weighted by Crippen LogP contribution is 2.48. The fourth-order valence-electron chi connectivity index (χ4n) is 4.01. The van der Waals surface area contributed by atoms with Crippen LogP contribution in [0, 0.1) is 17.8 Å². The average molecular weight is 304 g/mol. The molecule has 3 rings (SSSR count). The maximum Gasteiger partial charge on any atom is 0.253 e. The molecule has 2 aliphatic carbocycles. The number of amides is 1. The lowest BCUT2D eigenvalue weighted by atomic mass is 9.85. The van der Waals surface area contributed by atoms with Crippen LogP contribution in [-0.2, 0) is 0 Å². The van der Waals surface area contributed by atoms with E-state index < -0.39 is 0 Å². The van der Waals surface area contributed by atoms with Crippen LogP contribution in [0.25, 0.3) is 0 Å². The predicted octanol–water partition coefficient (Wildman–Crippen LogP) is 2.01. The Morgan fingerprint density at radius 1 is 1.41 bits per heavy atom. The van der Waals surface area contributed by atoms with Gasteiger partial charge in [-0.1, -0.05) is 0 Å². The van der Waals surface area contributed by atoms with E-state index in [-0.39, 0.29) is 30.6 Å². The van der Waals surface area contributed by atoms with Gasteiger partial charge in [0.15, 0.2) is 0 Å². The Kier molecular flexibility index (Phi) is 4.34. The van der Waals surface area contributed by atoms with Gasteiger partial charge in [0.05, 0.1) is 17.9 Å². The summed E-state index contributed by atoms with van der Waals surface area (Å²) in [6.45, 7) is 4.03. The van der Waals surface area contributed by atoms with Crippen LogP contribution in [0.2, 0.25) is 0 Å². The van der Waals surface area contributed by atoms with Gasteiger partial charge >= 0.3 is 0 Å². The maximum atomic E-state index is 12.5. The lowest BCUT2D eigenvalue weighted by Gasteiger charge is -2.30. The third-order valence-electron chi connectivity index (χ3n) is 4.94. The smallest absolute Gasteiger partial charge is 0.253 e. The number of rotatable bonds is 5. The summed E-state index contributed by atoms with van der Waals surface area (Å²) >= 11 is 0. The number of fused-ring (bicyclic) bond motifs is 2. The number of nitrogens with zero attached hydrogens (tertiary/aromatic N) is 1. The van der Waals surface area contributed by atoms with Crippen molar-refractivity contribution in [2.24, 2.45) is 17.8 Å². The highest BCUT2D eigenvalue weighted by atomic mass is 16.5. The predicted molar refractivity (Wildman–Crippen MR) is 82.7 cm³/mol. The maximum absolute atomic E-state index is 12.5. The fourth-order valence-corrected chi connectivity index (χ4v) is 4.01. The molecule has 2 N–H and O–H groups in total. The Balaban J connectivity index is 1.69. The van der Waals surface area contributed by atoms with E-state index in [1.54, 1.807) is 18.5 Å². The first kappa shape index (κ1) is 15.3. The first-order valence-corrected chi connectivity index (χ1v) is 8.12. The Labute approximate surface area is 131 Å². The number of nitrogens with one attached hydrogen (secondary N) is 1. The van der Waals surface area contributed by atoms with Crippen molar-refractivity contribution < 1.29 is 14.6 Å². The molecule has 2 bridgehead atoms. The highest BCUT2D eigenvalue weighted by Gasteiger charge is 2.47. The van der Waals surface area contributed by atoms with E-state index in [0.29, 0.717) is 23.1 Å². The Morgan fingerprint density at radius 2 is 2.18 bits per heavy atom. The van der Waals surface area contributed by atoms with Gasteiger partial charge in [0.1, 0.15) is 5.75 Å². The second-order valence-electron chi connectivity index (χ2n) is 6.75. The van der Waals surface area contributed by atoms with E-state index >= 15 is 0 Å². The van der Waals surface area contributed by atoms with Gasteiger partial charge in [-0.3, -0.25) is 9.78 Å². The lowest BCUT2D eigenvalue weighted by molar-refractivity contribution is 0.0860. The summed E-state index contributed by atoms with van der Waals surface area (Å²) in [7, 11) is 0. The second-order valence-corrected chi connectivity index (χ2v) is 6.75. The topological polar surface area (TPSA) is 71.5 Å². The van der Waals surface area contributed by atoms with Crippen LogP contribution < -0.4 is 10.1 Å². The van der Waals surface area contributed by atoms with Crippen molar-refractivity contribution in [1.82, 2.24) is 10.3 Å². The molecule has 0 aromatic carbocycles. The summed E-state index contributed by atoms with van der Waals surface area (Å²) in [5, 5.41) is 12.7. The summed E-state index contributed by atoms with van der Waals surface area (Å²) in [6, 6.07) is 1.81. The molecule has 5 heteroatoms. The van der Waals surface area contributed by atoms with Crippen LogP contribution in [0.3, 0.4) is 0 Å². The standard InChI is InChI=1S/C17H24N2O3/c1-10(2)22-14-6-13(7-18-8-14)17(21)19-16-12-4-3-11(5-12)15(16)9-20/h6-8,10-12,15-16,20H,3-5,9H2,1-2H3,(H,19,21). The monoisotopic (exact) mass is 304 g/mol. The summed E-state index contributed by atoms with van der Waals surface area (Å²) in [6.07, 6.45) is 6.69. The minimum Gasteiger partial charge on any atom is -0.489 e. The molecule has 0 saturated heterocycles. The van der Waals surface area contributed by atoms with Crippen LogP contribution in [0.1, 0.15) is 43.5 Å². The SMILES string of the molecule is CC(C)Oc1cncc(C(=O)NC2C3CCC(C3)C2CO)c1. The van der Waals surface area contributed by atoms with Crippen LogP contribution in [-0.4, -0.2) is 34.8 Å². The van der Waals surface area contributed by atoms with Gasteiger partial charge in [0, 0.05) is 24.8 Å². The molecule has 22 heavy (non-hydrogen) atoms.